The quantitative estimate of drug-likeness (QED) is 0.467. The van der Waals surface area contributed by atoms with E-state index in [0.717, 1.165) is 4.88 Å². The fourth-order valence-electron chi connectivity index (χ4n) is 1.66. The first-order valence-corrected chi connectivity index (χ1v) is 10.0. The second kappa shape index (κ2) is 7.16. The van der Waals surface area contributed by atoms with Crippen molar-refractivity contribution in [2.24, 2.45) is 0 Å². The van der Waals surface area contributed by atoms with Gasteiger partial charge in [-0.25, -0.2) is 0 Å². The number of aromatic nitrogens is 2. The molecule has 0 aliphatic carbocycles. The smallest absolute Gasteiger partial charge is 0.310 e. The van der Waals surface area contributed by atoms with Crippen LogP contribution in [0.5, 0.6) is 5.75 Å². The molecule has 0 atom stereocenters. The molecule has 3 rings (SSSR count). The lowest BCUT2D eigenvalue weighted by molar-refractivity contribution is 0.466. The fourth-order valence-corrected chi connectivity index (χ4v) is 4.36. The summed E-state index contributed by atoms with van der Waals surface area (Å²) in [5, 5.41) is 10.1. The van der Waals surface area contributed by atoms with Gasteiger partial charge in [0, 0.05) is 5.75 Å². The van der Waals surface area contributed by atoms with Gasteiger partial charge in [-0.3, -0.25) is 0 Å². The highest BCUT2D eigenvalue weighted by molar-refractivity contribution is 8.00. The lowest BCUT2D eigenvalue weighted by Gasteiger charge is -2.05. The molecule has 0 aliphatic heterocycles. The van der Waals surface area contributed by atoms with Crippen molar-refractivity contribution in [3.63, 3.8) is 0 Å². The van der Waals surface area contributed by atoms with Crippen LogP contribution in [0.1, 0.15) is 0 Å². The van der Waals surface area contributed by atoms with Gasteiger partial charge in [0.25, 0.3) is 11.1 Å². The van der Waals surface area contributed by atoms with Crippen LogP contribution in [0.15, 0.2) is 57.5 Å². The first kappa shape index (κ1) is 16.0. The van der Waals surface area contributed by atoms with Gasteiger partial charge in [0.05, 0.1) is 10.6 Å². The average Bonchev–Trinajstić information content (AvgIpc) is 3.18. The summed E-state index contributed by atoms with van der Waals surface area (Å²) in [6.45, 7) is 0. The van der Waals surface area contributed by atoms with Gasteiger partial charge in [0.1, 0.15) is 5.75 Å². The van der Waals surface area contributed by atoms with E-state index in [9.17, 15) is 8.42 Å². The predicted octanol–water partition coefficient (Wildman–Crippen LogP) is 3.30. The number of thioether (sulfide) groups is 1. The first-order chi connectivity index (χ1) is 11.1. The SMILES string of the molecule is O=S(=O)(CCSc1nnc(-c2cccs2)o1)Oc1ccccc1. The summed E-state index contributed by atoms with van der Waals surface area (Å²) in [7, 11) is -3.65. The molecule has 9 heteroatoms. The Kier molecular flexibility index (Phi) is 4.99. The lowest BCUT2D eigenvalue weighted by Crippen LogP contribution is -2.15. The fraction of sp³-hybridized carbons (Fsp3) is 0.143. The molecule has 0 aliphatic rings. The van der Waals surface area contributed by atoms with Gasteiger partial charge in [0.2, 0.25) is 0 Å². The minimum atomic E-state index is -3.65. The van der Waals surface area contributed by atoms with Crippen LogP contribution in [0.25, 0.3) is 10.8 Å². The van der Waals surface area contributed by atoms with E-state index in [4.69, 9.17) is 8.60 Å². The number of para-hydroxylation sites is 1. The molecule has 0 N–H and O–H groups in total. The van der Waals surface area contributed by atoms with E-state index in [2.05, 4.69) is 10.2 Å². The van der Waals surface area contributed by atoms with E-state index in [1.54, 1.807) is 30.3 Å². The largest absolute Gasteiger partial charge is 0.410 e. The van der Waals surface area contributed by atoms with Crippen LogP contribution < -0.4 is 4.18 Å². The van der Waals surface area contributed by atoms with Crippen molar-refractivity contribution in [3.05, 3.63) is 47.8 Å². The van der Waals surface area contributed by atoms with Crippen molar-refractivity contribution >= 4 is 33.2 Å². The molecule has 3 aromatic rings. The summed E-state index contributed by atoms with van der Waals surface area (Å²) in [6, 6.07) is 12.2. The van der Waals surface area contributed by atoms with Gasteiger partial charge < -0.3 is 8.60 Å². The van der Waals surface area contributed by atoms with Crippen LogP contribution >= 0.6 is 23.1 Å². The third-order valence-electron chi connectivity index (χ3n) is 2.66. The third-order valence-corrected chi connectivity index (χ3v) is 5.75. The van der Waals surface area contributed by atoms with Gasteiger partial charge in [-0.15, -0.1) is 21.5 Å². The third kappa shape index (κ3) is 4.57. The maximum atomic E-state index is 11.9. The Hall–Kier alpha value is -1.84. The molecule has 2 heterocycles. The van der Waals surface area contributed by atoms with Crippen LogP contribution in [-0.4, -0.2) is 30.1 Å². The first-order valence-electron chi connectivity index (χ1n) is 6.60. The lowest BCUT2D eigenvalue weighted by atomic mass is 10.3. The van der Waals surface area contributed by atoms with E-state index in [0.29, 0.717) is 16.9 Å². The standard InChI is InChI=1S/C14H12N2O4S3/c17-23(18,20-11-5-2-1-3-6-11)10-9-22-14-16-15-13(19-14)12-7-4-8-21-12/h1-8H,9-10H2. The van der Waals surface area contributed by atoms with Crippen LogP contribution in [0.4, 0.5) is 0 Å². The van der Waals surface area contributed by atoms with Gasteiger partial charge in [0.15, 0.2) is 0 Å². The van der Waals surface area contributed by atoms with E-state index in [1.807, 2.05) is 17.5 Å². The molecule has 0 unspecified atom stereocenters. The van der Waals surface area contributed by atoms with Crippen molar-refractivity contribution in [2.45, 2.75) is 5.22 Å². The Morgan fingerprint density at radius 1 is 1.13 bits per heavy atom. The van der Waals surface area contributed by atoms with Gasteiger partial charge in [-0.1, -0.05) is 36.0 Å². The molecule has 0 amide bonds. The van der Waals surface area contributed by atoms with Crippen molar-refractivity contribution < 1.29 is 17.0 Å². The Balaban J connectivity index is 1.53. The summed E-state index contributed by atoms with van der Waals surface area (Å²) in [6.07, 6.45) is 0. The Bertz CT molecular complexity index is 845. The summed E-state index contributed by atoms with van der Waals surface area (Å²) in [4.78, 5) is 0.879. The minimum absolute atomic E-state index is 0.150. The van der Waals surface area contributed by atoms with Crippen molar-refractivity contribution in [1.29, 1.82) is 0 Å². The highest BCUT2D eigenvalue weighted by atomic mass is 32.2. The summed E-state index contributed by atoms with van der Waals surface area (Å²) < 4.78 is 34.2. The molecule has 120 valence electrons. The van der Waals surface area contributed by atoms with E-state index >= 15 is 0 Å². The number of benzene rings is 1. The zero-order chi connectivity index (χ0) is 16.1. The number of hydrogen-bond donors (Lipinski definition) is 0. The van der Waals surface area contributed by atoms with Crippen molar-refractivity contribution in [3.8, 4) is 16.5 Å². The van der Waals surface area contributed by atoms with E-state index in [-0.39, 0.29) is 11.5 Å². The monoisotopic (exact) mass is 368 g/mol. The molecule has 0 spiro atoms. The molecule has 0 saturated carbocycles. The van der Waals surface area contributed by atoms with Crippen molar-refractivity contribution in [2.75, 3.05) is 11.5 Å². The maximum absolute atomic E-state index is 11.9. The van der Waals surface area contributed by atoms with Gasteiger partial charge in [-0.05, 0) is 23.6 Å². The molecule has 0 saturated heterocycles. The predicted molar refractivity (Wildman–Crippen MR) is 89.2 cm³/mol. The van der Waals surface area contributed by atoms with Crippen LogP contribution in [0.3, 0.4) is 0 Å². The number of thiophene rings is 1. The summed E-state index contributed by atoms with van der Waals surface area (Å²) in [5.41, 5.74) is 0. The van der Waals surface area contributed by atoms with Crippen LogP contribution in [0, 0.1) is 0 Å². The molecule has 1 aromatic carbocycles. The number of nitrogens with zero attached hydrogens (tertiary/aromatic N) is 2. The van der Waals surface area contributed by atoms with Crippen molar-refractivity contribution in [1.82, 2.24) is 10.2 Å². The zero-order valence-corrected chi connectivity index (χ0v) is 14.2. The maximum Gasteiger partial charge on any atom is 0.310 e. The van der Waals surface area contributed by atoms with E-state index < -0.39 is 10.1 Å². The summed E-state index contributed by atoms with van der Waals surface area (Å²) in [5.74, 6) is 0.853. The molecular weight excluding hydrogens is 356 g/mol. The second-order valence-corrected chi connectivity index (χ2v) is 8.04. The summed E-state index contributed by atoms with van der Waals surface area (Å²) >= 11 is 2.68. The van der Waals surface area contributed by atoms with Crippen LogP contribution in [-0.2, 0) is 10.1 Å². The Labute approximate surface area is 141 Å². The zero-order valence-electron chi connectivity index (χ0n) is 11.8. The molecule has 0 radical (unpaired) electrons. The molecular formula is C14H12N2O4S3. The highest BCUT2D eigenvalue weighted by Gasteiger charge is 2.15. The van der Waals surface area contributed by atoms with Gasteiger partial charge >= 0.3 is 10.1 Å². The molecule has 23 heavy (non-hydrogen) atoms. The Morgan fingerprint density at radius 3 is 2.70 bits per heavy atom. The van der Waals surface area contributed by atoms with Gasteiger partial charge in [-0.2, -0.15) is 8.42 Å². The molecule has 0 bridgehead atoms. The molecule has 2 aromatic heterocycles. The normalized spacial score (nSPS) is 11.5. The second-order valence-electron chi connectivity index (χ2n) is 4.36. The average molecular weight is 368 g/mol. The van der Waals surface area contributed by atoms with Crippen LogP contribution in [0.2, 0.25) is 0 Å². The highest BCUT2D eigenvalue weighted by Crippen LogP contribution is 2.26. The number of rotatable bonds is 7. The van der Waals surface area contributed by atoms with E-state index in [1.165, 1.54) is 23.1 Å². The Morgan fingerprint density at radius 2 is 1.96 bits per heavy atom. The number of hydrogen-bond acceptors (Lipinski definition) is 8. The topological polar surface area (TPSA) is 82.3 Å². The molecule has 0 fully saturated rings. The molecule has 6 nitrogen and oxygen atoms in total. The minimum Gasteiger partial charge on any atom is -0.410 e.